The Kier molecular flexibility index (Phi) is 5.15. The normalized spacial score (nSPS) is 17.6. The van der Waals surface area contributed by atoms with Gasteiger partial charge in [-0.2, -0.15) is 13.2 Å². The van der Waals surface area contributed by atoms with Crippen LogP contribution in [0.5, 0.6) is 0 Å². The molecule has 132 valence electrons. The van der Waals surface area contributed by atoms with Gasteiger partial charge >= 0.3 is 12.2 Å². The number of hydrogen-bond acceptors (Lipinski definition) is 2. The Balaban J connectivity index is 1.74. The zero-order chi connectivity index (χ0) is 18.0. The standard InChI is InChI=1S/C17H14ClF3N2OS/c18-13-2-1-3-14(10-13)22-16(24)23-8-9-25-15(23)11-4-6-12(7-5-11)17(19,20)21/h1-7,10,15H,8-9H2,(H,22,24)/t15-/m0/s1. The lowest BCUT2D eigenvalue weighted by atomic mass is 10.1. The van der Waals surface area contributed by atoms with Crippen LogP contribution in [0.1, 0.15) is 16.5 Å². The quantitative estimate of drug-likeness (QED) is 0.724. The van der Waals surface area contributed by atoms with Gasteiger partial charge < -0.3 is 10.2 Å². The fraction of sp³-hybridized carbons (Fsp3) is 0.235. The van der Waals surface area contributed by atoms with Crippen molar-refractivity contribution in [2.75, 3.05) is 17.6 Å². The number of carbonyl (C=O) groups is 1. The summed E-state index contributed by atoms with van der Waals surface area (Å²) in [7, 11) is 0. The lowest BCUT2D eigenvalue weighted by molar-refractivity contribution is -0.137. The zero-order valence-corrected chi connectivity index (χ0v) is 14.5. The van der Waals surface area contributed by atoms with E-state index in [0.29, 0.717) is 28.6 Å². The van der Waals surface area contributed by atoms with Gasteiger partial charge in [0.1, 0.15) is 5.37 Å². The van der Waals surface area contributed by atoms with Gasteiger partial charge in [0, 0.05) is 23.0 Å². The Labute approximate surface area is 152 Å². The summed E-state index contributed by atoms with van der Waals surface area (Å²) in [6.07, 6.45) is -4.37. The molecule has 0 aromatic heterocycles. The maximum atomic E-state index is 12.7. The number of amides is 2. The first kappa shape index (κ1) is 17.9. The molecule has 1 aliphatic rings. The third kappa shape index (κ3) is 4.22. The summed E-state index contributed by atoms with van der Waals surface area (Å²) >= 11 is 7.42. The molecule has 0 saturated carbocycles. The van der Waals surface area contributed by atoms with Gasteiger partial charge in [-0.25, -0.2) is 4.79 Å². The number of rotatable bonds is 2. The highest BCUT2D eigenvalue weighted by Gasteiger charge is 2.33. The predicted octanol–water partition coefficient (Wildman–Crippen LogP) is 5.64. The van der Waals surface area contributed by atoms with Gasteiger partial charge in [0.25, 0.3) is 0 Å². The molecule has 2 aromatic rings. The molecular weight excluding hydrogens is 373 g/mol. The fourth-order valence-electron chi connectivity index (χ4n) is 2.55. The van der Waals surface area contributed by atoms with Crippen LogP contribution in [0.15, 0.2) is 48.5 Å². The molecule has 2 amide bonds. The van der Waals surface area contributed by atoms with Gasteiger partial charge in [-0.05, 0) is 35.9 Å². The van der Waals surface area contributed by atoms with Crippen molar-refractivity contribution in [2.24, 2.45) is 0 Å². The highest BCUT2D eigenvalue weighted by atomic mass is 35.5. The molecule has 3 nitrogen and oxygen atoms in total. The maximum Gasteiger partial charge on any atom is 0.416 e. The van der Waals surface area contributed by atoms with Crippen LogP contribution in [-0.2, 0) is 6.18 Å². The van der Waals surface area contributed by atoms with Crippen LogP contribution in [0.2, 0.25) is 5.02 Å². The summed E-state index contributed by atoms with van der Waals surface area (Å²) in [5.41, 5.74) is 0.534. The maximum absolute atomic E-state index is 12.7. The highest BCUT2D eigenvalue weighted by Crippen LogP contribution is 2.39. The van der Waals surface area contributed by atoms with Gasteiger partial charge in [-0.3, -0.25) is 0 Å². The first-order chi connectivity index (χ1) is 11.8. The Morgan fingerprint density at radius 2 is 1.92 bits per heavy atom. The third-order valence-corrected chi connectivity index (χ3v) is 5.25. The molecular formula is C17H14ClF3N2OS. The number of anilines is 1. The SMILES string of the molecule is O=C(Nc1cccc(Cl)c1)N1CCS[C@H]1c1ccc(C(F)(F)F)cc1. The van der Waals surface area contributed by atoms with Crippen molar-refractivity contribution >= 4 is 35.1 Å². The van der Waals surface area contributed by atoms with Crippen molar-refractivity contribution < 1.29 is 18.0 Å². The van der Waals surface area contributed by atoms with E-state index in [4.69, 9.17) is 11.6 Å². The second-order valence-corrected chi connectivity index (χ2v) is 7.10. The molecule has 0 radical (unpaired) electrons. The molecule has 0 spiro atoms. The number of benzene rings is 2. The van der Waals surface area contributed by atoms with E-state index >= 15 is 0 Å². The molecule has 1 saturated heterocycles. The minimum atomic E-state index is -4.37. The Hall–Kier alpha value is -1.86. The molecule has 0 aliphatic carbocycles. The van der Waals surface area contributed by atoms with Crippen molar-refractivity contribution in [1.29, 1.82) is 0 Å². The van der Waals surface area contributed by atoms with E-state index in [1.807, 2.05) is 0 Å². The van der Waals surface area contributed by atoms with Gasteiger partial charge in [0.05, 0.1) is 5.56 Å². The van der Waals surface area contributed by atoms with E-state index in [9.17, 15) is 18.0 Å². The average Bonchev–Trinajstić information content (AvgIpc) is 3.04. The van der Waals surface area contributed by atoms with Gasteiger partial charge in [0.2, 0.25) is 0 Å². The number of hydrogen-bond donors (Lipinski definition) is 1. The summed E-state index contributed by atoms with van der Waals surface area (Å²) < 4.78 is 38.1. The number of carbonyl (C=O) groups excluding carboxylic acids is 1. The van der Waals surface area contributed by atoms with Crippen LogP contribution in [0.25, 0.3) is 0 Å². The Bertz CT molecular complexity index is 767. The van der Waals surface area contributed by atoms with E-state index in [2.05, 4.69) is 5.32 Å². The second kappa shape index (κ2) is 7.17. The van der Waals surface area contributed by atoms with Crippen LogP contribution in [0, 0.1) is 0 Å². The molecule has 1 fully saturated rings. The smallest absolute Gasteiger partial charge is 0.308 e. The number of urea groups is 1. The first-order valence-corrected chi connectivity index (χ1v) is 8.89. The van der Waals surface area contributed by atoms with E-state index in [0.717, 1.165) is 12.1 Å². The first-order valence-electron chi connectivity index (χ1n) is 7.46. The summed E-state index contributed by atoms with van der Waals surface area (Å²) in [6, 6.07) is 11.4. The van der Waals surface area contributed by atoms with E-state index < -0.39 is 11.7 Å². The number of nitrogens with one attached hydrogen (secondary N) is 1. The van der Waals surface area contributed by atoms with Crippen molar-refractivity contribution in [3.05, 3.63) is 64.7 Å². The number of halogens is 4. The molecule has 1 heterocycles. The highest BCUT2D eigenvalue weighted by molar-refractivity contribution is 7.99. The van der Waals surface area contributed by atoms with Crippen LogP contribution < -0.4 is 5.32 Å². The molecule has 1 aliphatic heterocycles. The van der Waals surface area contributed by atoms with Gasteiger partial charge in [-0.1, -0.05) is 29.8 Å². The molecule has 0 unspecified atom stereocenters. The molecule has 1 atom stereocenters. The predicted molar refractivity (Wildman–Crippen MR) is 93.8 cm³/mol. The lowest BCUT2D eigenvalue weighted by Crippen LogP contribution is -2.34. The Morgan fingerprint density at radius 1 is 1.20 bits per heavy atom. The number of nitrogens with zero attached hydrogens (tertiary/aromatic N) is 1. The van der Waals surface area contributed by atoms with Crippen molar-refractivity contribution in [1.82, 2.24) is 4.90 Å². The Morgan fingerprint density at radius 3 is 2.56 bits per heavy atom. The van der Waals surface area contributed by atoms with Gasteiger partial charge in [0.15, 0.2) is 0 Å². The van der Waals surface area contributed by atoms with Gasteiger partial charge in [-0.15, -0.1) is 11.8 Å². The van der Waals surface area contributed by atoms with Crippen molar-refractivity contribution in [3.63, 3.8) is 0 Å². The van der Waals surface area contributed by atoms with Crippen molar-refractivity contribution in [2.45, 2.75) is 11.6 Å². The molecule has 25 heavy (non-hydrogen) atoms. The number of alkyl halides is 3. The molecule has 2 aromatic carbocycles. The molecule has 1 N–H and O–H groups in total. The van der Waals surface area contributed by atoms with E-state index in [-0.39, 0.29) is 11.4 Å². The third-order valence-electron chi connectivity index (χ3n) is 3.75. The number of thioether (sulfide) groups is 1. The average molecular weight is 387 g/mol. The summed E-state index contributed by atoms with van der Waals surface area (Å²) in [4.78, 5) is 14.1. The van der Waals surface area contributed by atoms with Crippen LogP contribution in [0.4, 0.5) is 23.7 Å². The molecule has 8 heteroatoms. The van der Waals surface area contributed by atoms with Crippen LogP contribution in [0.3, 0.4) is 0 Å². The molecule has 3 rings (SSSR count). The summed E-state index contributed by atoms with van der Waals surface area (Å²) in [5.74, 6) is 0.717. The second-order valence-electron chi connectivity index (χ2n) is 5.48. The monoisotopic (exact) mass is 386 g/mol. The summed E-state index contributed by atoms with van der Waals surface area (Å²) in [6.45, 7) is 0.517. The molecule has 0 bridgehead atoms. The van der Waals surface area contributed by atoms with Crippen molar-refractivity contribution in [3.8, 4) is 0 Å². The summed E-state index contributed by atoms with van der Waals surface area (Å²) in [5, 5.41) is 2.96. The minimum absolute atomic E-state index is 0.308. The van der Waals surface area contributed by atoms with Crippen LogP contribution in [-0.4, -0.2) is 23.2 Å². The van der Waals surface area contributed by atoms with E-state index in [1.54, 1.807) is 29.2 Å². The van der Waals surface area contributed by atoms with Crippen LogP contribution >= 0.6 is 23.4 Å². The van der Waals surface area contributed by atoms with E-state index in [1.165, 1.54) is 23.9 Å². The topological polar surface area (TPSA) is 32.3 Å². The zero-order valence-electron chi connectivity index (χ0n) is 12.9. The largest absolute Gasteiger partial charge is 0.416 e. The minimum Gasteiger partial charge on any atom is -0.308 e. The fourth-order valence-corrected chi connectivity index (χ4v) is 4.00. The lowest BCUT2D eigenvalue weighted by Gasteiger charge is -2.24.